The van der Waals surface area contributed by atoms with Crippen molar-refractivity contribution in [1.82, 2.24) is 0 Å². The van der Waals surface area contributed by atoms with E-state index >= 15 is 0 Å². The highest BCUT2D eigenvalue weighted by atomic mass is 79.9. The molecule has 100 valence electrons. The molecular formula is C14H11BrF3N. The van der Waals surface area contributed by atoms with E-state index in [2.05, 4.69) is 21.2 Å². The average molecular weight is 330 g/mol. The van der Waals surface area contributed by atoms with Crippen molar-refractivity contribution >= 4 is 21.6 Å². The van der Waals surface area contributed by atoms with Crippen molar-refractivity contribution in [2.24, 2.45) is 0 Å². The maximum atomic E-state index is 13.6. The molecule has 5 heteroatoms. The molecule has 0 aliphatic heterocycles. The molecule has 2 aromatic rings. The molecule has 1 atom stereocenters. The van der Waals surface area contributed by atoms with E-state index in [1.807, 2.05) is 0 Å². The number of rotatable bonds is 3. The van der Waals surface area contributed by atoms with Crippen molar-refractivity contribution < 1.29 is 13.2 Å². The lowest BCUT2D eigenvalue weighted by atomic mass is 10.1. The van der Waals surface area contributed by atoms with Crippen LogP contribution in [0.25, 0.3) is 0 Å². The van der Waals surface area contributed by atoms with Gasteiger partial charge in [0.15, 0.2) is 0 Å². The lowest BCUT2D eigenvalue weighted by Gasteiger charge is -2.17. The first-order valence-corrected chi connectivity index (χ1v) is 6.43. The maximum Gasteiger partial charge on any atom is 0.128 e. The highest BCUT2D eigenvalue weighted by Crippen LogP contribution is 2.28. The standard InChI is InChI=1S/C14H11BrF3N/c1-8(11-6-9(16)3-5-13(11)18)19-14-7-10(17)2-4-12(14)15/h2-8,19H,1H3. The topological polar surface area (TPSA) is 12.0 Å². The molecule has 0 aliphatic carbocycles. The first-order valence-electron chi connectivity index (χ1n) is 5.64. The molecule has 0 spiro atoms. The predicted octanol–water partition coefficient (Wildman–Crippen LogP) is 5.04. The number of benzene rings is 2. The molecule has 2 rings (SSSR count). The molecule has 19 heavy (non-hydrogen) atoms. The third kappa shape index (κ3) is 3.29. The van der Waals surface area contributed by atoms with Gasteiger partial charge in [-0.1, -0.05) is 0 Å². The fourth-order valence-electron chi connectivity index (χ4n) is 1.77. The summed E-state index contributed by atoms with van der Waals surface area (Å²) >= 11 is 3.27. The highest BCUT2D eigenvalue weighted by Gasteiger charge is 2.13. The SMILES string of the molecule is CC(Nc1cc(F)ccc1Br)c1cc(F)ccc1F. The van der Waals surface area contributed by atoms with Gasteiger partial charge in [-0.05, 0) is 59.3 Å². The summed E-state index contributed by atoms with van der Waals surface area (Å²) in [5.74, 6) is -1.42. The second-order valence-corrected chi connectivity index (χ2v) is 5.01. The second kappa shape index (κ2) is 5.65. The van der Waals surface area contributed by atoms with Crippen molar-refractivity contribution in [3.63, 3.8) is 0 Å². The number of hydrogen-bond donors (Lipinski definition) is 1. The van der Waals surface area contributed by atoms with Crippen LogP contribution in [-0.2, 0) is 0 Å². The molecule has 1 unspecified atom stereocenters. The Bertz CT molecular complexity index is 601. The molecule has 0 aliphatic rings. The van der Waals surface area contributed by atoms with Gasteiger partial charge in [0.25, 0.3) is 0 Å². The van der Waals surface area contributed by atoms with E-state index in [4.69, 9.17) is 0 Å². The van der Waals surface area contributed by atoms with Crippen LogP contribution in [0.5, 0.6) is 0 Å². The Morgan fingerprint density at radius 1 is 1.00 bits per heavy atom. The van der Waals surface area contributed by atoms with E-state index in [9.17, 15) is 13.2 Å². The summed E-state index contributed by atoms with van der Waals surface area (Å²) in [6.45, 7) is 1.68. The van der Waals surface area contributed by atoms with Gasteiger partial charge in [0.1, 0.15) is 17.5 Å². The fraction of sp³-hybridized carbons (Fsp3) is 0.143. The zero-order valence-corrected chi connectivity index (χ0v) is 11.6. The van der Waals surface area contributed by atoms with Crippen LogP contribution >= 0.6 is 15.9 Å². The van der Waals surface area contributed by atoms with E-state index in [-0.39, 0.29) is 5.56 Å². The van der Waals surface area contributed by atoms with Crippen molar-refractivity contribution in [2.75, 3.05) is 5.32 Å². The molecule has 0 amide bonds. The molecule has 0 fully saturated rings. The Labute approximate surface area is 117 Å². The lowest BCUT2D eigenvalue weighted by Crippen LogP contribution is -2.09. The molecule has 0 bridgehead atoms. The first kappa shape index (κ1) is 13.9. The minimum atomic E-state index is -0.511. The van der Waals surface area contributed by atoms with Crippen LogP contribution < -0.4 is 5.32 Å². The fourth-order valence-corrected chi connectivity index (χ4v) is 2.13. The van der Waals surface area contributed by atoms with Crippen LogP contribution in [-0.4, -0.2) is 0 Å². The van der Waals surface area contributed by atoms with E-state index < -0.39 is 23.5 Å². The number of nitrogens with one attached hydrogen (secondary N) is 1. The summed E-state index contributed by atoms with van der Waals surface area (Å²) in [6, 6.07) is 6.91. The van der Waals surface area contributed by atoms with Gasteiger partial charge in [-0.3, -0.25) is 0 Å². The van der Waals surface area contributed by atoms with E-state index in [1.54, 1.807) is 13.0 Å². The summed E-state index contributed by atoms with van der Waals surface area (Å²) in [5, 5.41) is 2.94. The van der Waals surface area contributed by atoms with Gasteiger partial charge in [-0.15, -0.1) is 0 Å². The third-order valence-electron chi connectivity index (χ3n) is 2.72. The van der Waals surface area contributed by atoms with Gasteiger partial charge < -0.3 is 5.32 Å². The molecule has 1 nitrogen and oxygen atoms in total. The summed E-state index contributed by atoms with van der Waals surface area (Å²) in [7, 11) is 0. The van der Waals surface area contributed by atoms with Crippen LogP contribution in [0.15, 0.2) is 40.9 Å². The molecule has 0 heterocycles. The predicted molar refractivity (Wildman–Crippen MR) is 72.5 cm³/mol. The zero-order valence-electron chi connectivity index (χ0n) is 10.1. The molecule has 0 saturated carbocycles. The van der Waals surface area contributed by atoms with Gasteiger partial charge in [-0.25, -0.2) is 13.2 Å². The smallest absolute Gasteiger partial charge is 0.128 e. The molecule has 2 aromatic carbocycles. The minimum absolute atomic E-state index is 0.191. The van der Waals surface area contributed by atoms with E-state index in [0.717, 1.165) is 18.2 Å². The van der Waals surface area contributed by atoms with Crippen molar-refractivity contribution in [2.45, 2.75) is 13.0 Å². The summed E-state index contributed by atoms with van der Waals surface area (Å²) in [6.07, 6.45) is 0. The molecular weight excluding hydrogens is 319 g/mol. The van der Waals surface area contributed by atoms with Gasteiger partial charge in [0, 0.05) is 10.0 Å². The van der Waals surface area contributed by atoms with Crippen LogP contribution in [0, 0.1) is 17.5 Å². The highest BCUT2D eigenvalue weighted by molar-refractivity contribution is 9.10. The van der Waals surface area contributed by atoms with Gasteiger partial charge in [0.05, 0.1) is 11.7 Å². The monoisotopic (exact) mass is 329 g/mol. The zero-order chi connectivity index (χ0) is 14.0. The van der Waals surface area contributed by atoms with Crippen LogP contribution in [0.2, 0.25) is 0 Å². The van der Waals surface area contributed by atoms with Crippen LogP contribution in [0.3, 0.4) is 0 Å². The molecule has 0 aromatic heterocycles. The Kier molecular flexibility index (Phi) is 4.14. The molecule has 1 N–H and O–H groups in total. The Balaban J connectivity index is 2.27. The van der Waals surface area contributed by atoms with Crippen LogP contribution in [0.4, 0.5) is 18.9 Å². The number of anilines is 1. The lowest BCUT2D eigenvalue weighted by molar-refractivity contribution is 0.577. The summed E-state index contributed by atoms with van der Waals surface area (Å²) in [5.41, 5.74) is 0.673. The number of hydrogen-bond acceptors (Lipinski definition) is 1. The minimum Gasteiger partial charge on any atom is -0.377 e. The van der Waals surface area contributed by atoms with Crippen molar-refractivity contribution in [3.05, 3.63) is 63.9 Å². The normalized spacial score (nSPS) is 12.3. The van der Waals surface area contributed by atoms with Gasteiger partial charge in [-0.2, -0.15) is 0 Å². The maximum absolute atomic E-state index is 13.6. The second-order valence-electron chi connectivity index (χ2n) is 4.16. The largest absolute Gasteiger partial charge is 0.377 e. The average Bonchev–Trinajstić information content (AvgIpc) is 2.36. The van der Waals surface area contributed by atoms with Gasteiger partial charge >= 0.3 is 0 Å². The Hall–Kier alpha value is -1.49. The Morgan fingerprint density at radius 2 is 1.63 bits per heavy atom. The van der Waals surface area contributed by atoms with Gasteiger partial charge in [0.2, 0.25) is 0 Å². The Morgan fingerprint density at radius 3 is 2.37 bits per heavy atom. The van der Waals surface area contributed by atoms with Crippen molar-refractivity contribution in [1.29, 1.82) is 0 Å². The summed E-state index contributed by atoms with van der Waals surface area (Å²) < 4.78 is 40.5. The first-order chi connectivity index (χ1) is 8.97. The van der Waals surface area contributed by atoms with E-state index in [0.29, 0.717) is 10.2 Å². The summed E-state index contributed by atoms with van der Waals surface area (Å²) in [4.78, 5) is 0. The van der Waals surface area contributed by atoms with Crippen LogP contribution in [0.1, 0.15) is 18.5 Å². The molecule has 0 saturated heterocycles. The molecule has 0 radical (unpaired) electrons. The quantitative estimate of drug-likeness (QED) is 0.831. The van der Waals surface area contributed by atoms with Crippen molar-refractivity contribution in [3.8, 4) is 0 Å². The third-order valence-corrected chi connectivity index (χ3v) is 3.42. The van der Waals surface area contributed by atoms with E-state index in [1.165, 1.54) is 12.1 Å². The number of halogens is 4.